The second kappa shape index (κ2) is 8.91. The smallest absolute Gasteiger partial charge is 0.267 e. The number of carbonyl (C=O) groups is 4. The molecule has 30 heavy (non-hydrogen) atoms. The Morgan fingerprint density at radius 2 is 1.70 bits per heavy atom. The molecule has 0 spiro atoms. The summed E-state index contributed by atoms with van der Waals surface area (Å²) < 4.78 is 1.61. The van der Waals surface area contributed by atoms with E-state index in [1.807, 2.05) is 19.0 Å². The average Bonchev–Trinajstić information content (AvgIpc) is 3.18. The zero-order valence-electron chi connectivity index (χ0n) is 17.3. The number of amides is 4. The fraction of sp³-hybridized carbons (Fsp3) is 0.333. The highest BCUT2D eigenvalue weighted by Crippen LogP contribution is 2.22. The number of benzene rings is 1. The van der Waals surface area contributed by atoms with E-state index in [0.29, 0.717) is 29.1 Å². The van der Waals surface area contributed by atoms with Gasteiger partial charge in [-0.2, -0.15) is 0 Å². The van der Waals surface area contributed by atoms with E-state index in [0.717, 1.165) is 17.9 Å². The number of imide groups is 1. The second-order valence-electron chi connectivity index (χ2n) is 7.43. The molecule has 0 atom stereocenters. The number of nitrogens with one attached hydrogen (secondary N) is 2. The lowest BCUT2D eigenvalue weighted by molar-refractivity contribution is -0.116. The quantitative estimate of drug-likeness (QED) is 0.497. The van der Waals surface area contributed by atoms with Crippen LogP contribution in [-0.2, 0) is 11.8 Å². The first-order valence-corrected chi connectivity index (χ1v) is 9.62. The molecular weight excluding hydrogens is 386 g/mol. The molecular formula is C21H25N5O4. The predicted molar refractivity (Wildman–Crippen MR) is 111 cm³/mol. The van der Waals surface area contributed by atoms with Gasteiger partial charge in [-0.1, -0.05) is 12.1 Å². The van der Waals surface area contributed by atoms with Crippen molar-refractivity contribution in [2.75, 3.05) is 39.0 Å². The summed E-state index contributed by atoms with van der Waals surface area (Å²) in [6.07, 6.45) is 2.43. The van der Waals surface area contributed by atoms with Crippen molar-refractivity contribution in [2.45, 2.75) is 6.42 Å². The van der Waals surface area contributed by atoms with Gasteiger partial charge in [0.1, 0.15) is 12.2 Å². The third-order valence-electron chi connectivity index (χ3n) is 4.77. The number of aromatic nitrogens is 1. The van der Waals surface area contributed by atoms with E-state index in [1.165, 1.54) is 0 Å². The third kappa shape index (κ3) is 4.57. The minimum absolute atomic E-state index is 0.239. The van der Waals surface area contributed by atoms with Gasteiger partial charge in [0.05, 0.1) is 16.8 Å². The molecule has 0 unspecified atom stereocenters. The topological polar surface area (TPSA) is 104 Å². The molecule has 1 aromatic carbocycles. The minimum Gasteiger partial charge on any atom is -0.351 e. The van der Waals surface area contributed by atoms with E-state index >= 15 is 0 Å². The molecule has 0 radical (unpaired) electrons. The standard InChI is InChI=1S/C21H25N5O4/c1-24(2)10-6-9-22-19(28)17-11-14(12-25(17)3)23-18(27)13-26-20(29)15-7-4-5-8-16(15)21(26)30/h4-5,7-8,11-12H,6,9-10,13H2,1-3H3,(H,22,28)(H,23,27). The normalized spacial score (nSPS) is 13.0. The fourth-order valence-electron chi connectivity index (χ4n) is 3.27. The molecule has 2 heterocycles. The Hall–Kier alpha value is -3.46. The van der Waals surface area contributed by atoms with E-state index < -0.39 is 24.3 Å². The van der Waals surface area contributed by atoms with Gasteiger partial charge in [0.15, 0.2) is 0 Å². The van der Waals surface area contributed by atoms with Crippen LogP contribution >= 0.6 is 0 Å². The molecule has 0 aliphatic carbocycles. The van der Waals surface area contributed by atoms with Gasteiger partial charge in [0.2, 0.25) is 5.91 Å². The summed E-state index contributed by atoms with van der Waals surface area (Å²) in [6, 6.07) is 8.03. The number of hydrogen-bond acceptors (Lipinski definition) is 5. The van der Waals surface area contributed by atoms with Gasteiger partial charge < -0.3 is 20.1 Å². The van der Waals surface area contributed by atoms with Crippen LogP contribution in [0.25, 0.3) is 0 Å². The Kier molecular flexibility index (Phi) is 6.31. The van der Waals surface area contributed by atoms with Crippen molar-refractivity contribution >= 4 is 29.3 Å². The molecule has 158 valence electrons. The zero-order valence-corrected chi connectivity index (χ0v) is 17.3. The number of anilines is 1. The highest BCUT2D eigenvalue weighted by molar-refractivity contribution is 6.22. The highest BCUT2D eigenvalue weighted by atomic mass is 16.2. The molecule has 1 aliphatic rings. The molecule has 0 bridgehead atoms. The van der Waals surface area contributed by atoms with Crippen LogP contribution in [0.2, 0.25) is 0 Å². The van der Waals surface area contributed by atoms with Gasteiger partial charge in [-0.3, -0.25) is 24.1 Å². The van der Waals surface area contributed by atoms with Crippen LogP contribution in [-0.4, -0.2) is 71.7 Å². The van der Waals surface area contributed by atoms with Gasteiger partial charge in [-0.15, -0.1) is 0 Å². The maximum Gasteiger partial charge on any atom is 0.267 e. The van der Waals surface area contributed by atoms with Crippen LogP contribution in [0.1, 0.15) is 37.6 Å². The molecule has 2 aromatic rings. The molecule has 1 aromatic heterocycles. The van der Waals surface area contributed by atoms with Crippen molar-refractivity contribution in [2.24, 2.45) is 7.05 Å². The van der Waals surface area contributed by atoms with Crippen LogP contribution < -0.4 is 10.6 Å². The van der Waals surface area contributed by atoms with E-state index in [9.17, 15) is 19.2 Å². The first-order chi connectivity index (χ1) is 14.3. The lowest BCUT2D eigenvalue weighted by Crippen LogP contribution is -2.37. The number of aryl methyl sites for hydroxylation is 1. The summed E-state index contributed by atoms with van der Waals surface area (Å²) >= 11 is 0. The Morgan fingerprint density at radius 3 is 2.30 bits per heavy atom. The Morgan fingerprint density at radius 1 is 1.07 bits per heavy atom. The largest absolute Gasteiger partial charge is 0.351 e. The highest BCUT2D eigenvalue weighted by Gasteiger charge is 2.36. The van der Waals surface area contributed by atoms with Gasteiger partial charge in [0.25, 0.3) is 17.7 Å². The number of nitrogens with zero attached hydrogens (tertiary/aromatic N) is 3. The first kappa shape index (κ1) is 21.3. The van der Waals surface area contributed by atoms with Crippen LogP contribution in [0.3, 0.4) is 0 Å². The van der Waals surface area contributed by atoms with Crippen molar-refractivity contribution in [3.8, 4) is 0 Å². The van der Waals surface area contributed by atoms with Crippen LogP contribution in [0.15, 0.2) is 36.5 Å². The molecule has 9 heteroatoms. The maximum atomic E-state index is 12.4. The summed E-state index contributed by atoms with van der Waals surface area (Å²) in [4.78, 5) is 52.5. The number of fused-ring (bicyclic) bond motifs is 1. The molecule has 2 N–H and O–H groups in total. The maximum absolute atomic E-state index is 12.4. The van der Waals surface area contributed by atoms with Crippen molar-refractivity contribution in [1.82, 2.24) is 19.7 Å². The first-order valence-electron chi connectivity index (χ1n) is 9.62. The SMILES string of the molecule is CN(C)CCCNC(=O)c1cc(NC(=O)CN2C(=O)c3ccccc3C2=O)cn1C. The molecule has 1 aliphatic heterocycles. The number of carbonyl (C=O) groups excluding carboxylic acids is 4. The lowest BCUT2D eigenvalue weighted by Gasteiger charge is -2.13. The van der Waals surface area contributed by atoms with Crippen LogP contribution in [0.5, 0.6) is 0 Å². The monoisotopic (exact) mass is 411 g/mol. The van der Waals surface area contributed by atoms with Gasteiger partial charge in [0, 0.05) is 19.8 Å². The predicted octanol–water partition coefficient (Wildman–Crippen LogP) is 0.941. The van der Waals surface area contributed by atoms with Crippen LogP contribution in [0, 0.1) is 0 Å². The fourth-order valence-corrected chi connectivity index (χ4v) is 3.27. The second-order valence-corrected chi connectivity index (χ2v) is 7.43. The Balaban J connectivity index is 1.58. The van der Waals surface area contributed by atoms with Crippen molar-refractivity contribution in [3.63, 3.8) is 0 Å². The molecule has 0 saturated heterocycles. The number of hydrogen-bond donors (Lipinski definition) is 2. The van der Waals surface area contributed by atoms with Gasteiger partial charge in [-0.05, 0) is 45.3 Å². The van der Waals surface area contributed by atoms with E-state index in [4.69, 9.17) is 0 Å². The Labute approximate surface area is 174 Å². The summed E-state index contributed by atoms with van der Waals surface area (Å²) in [5.74, 6) is -1.74. The summed E-state index contributed by atoms with van der Waals surface area (Å²) in [5.41, 5.74) is 1.40. The van der Waals surface area contributed by atoms with E-state index in [-0.39, 0.29) is 5.91 Å². The lowest BCUT2D eigenvalue weighted by atomic mass is 10.1. The van der Waals surface area contributed by atoms with Crippen molar-refractivity contribution in [1.29, 1.82) is 0 Å². The van der Waals surface area contributed by atoms with Crippen molar-refractivity contribution < 1.29 is 19.2 Å². The molecule has 9 nitrogen and oxygen atoms in total. The number of rotatable bonds is 8. The Bertz CT molecular complexity index is 960. The molecule has 4 amide bonds. The van der Waals surface area contributed by atoms with Crippen LogP contribution in [0.4, 0.5) is 5.69 Å². The van der Waals surface area contributed by atoms with E-state index in [1.54, 1.807) is 48.1 Å². The summed E-state index contributed by atoms with van der Waals surface area (Å²) in [6.45, 7) is 1.02. The van der Waals surface area contributed by atoms with Gasteiger partial charge >= 0.3 is 0 Å². The minimum atomic E-state index is -0.520. The summed E-state index contributed by atoms with van der Waals surface area (Å²) in [5, 5.41) is 5.49. The van der Waals surface area contributed by atoms with Gasteiger partial charge in [-0.25, -0.2) is 0 Å². The molecule has 0 fully saturated rings. The summed E-state index contributed by atoms with van der Waals surface area (Å²) in [7, 11) is 5.64. The molecule has 0 saturated carbocycles. The van der Waals surface area contributed by atoms with Crippen molar-refractivity contribution in [3.05, 3.63) is 53.3 Å². The average molecular weight is 411 g/mol. The third-order valence-corrected chi connectivity index (χ3v) is 4.77. The zero-order chi connectivity index (χ0) is 21.8. The molecule has 3 rings (SSSR count). The van der Waals surface area contributed by atoms with E-state index in [2.05, 4.69) is 10.6 Å².